The van der Waals surface area contributed by atoms with Crippen molar-refractivity contribution in [3.05, 3.63) is 11.5 Å². The van der Waals surface area contributed by atoms with Crippen LogP contribution in [-0.4, -0.2) is 57.9 Å². The summed E-state index contributed by atoms with van der Waals surface area (Å²) in [6.07, 6.45) is 0.690. The fourth-order valence-electron chi connectivity index (χ4n) is 2.70. The highest BCUT2D eigenvalue weighted by atomic mass is 35.5. The van der Waals surface area contributed by atoms with Gasteiger partial charge in [-0.1, -0.05) is 11.6 Å². The van der Waals surface area contributed by atoms with Crippen molar-refractivity contribution in [2.75, 3.05) is 31.7 Å². The lowest BCUT2D eigenvalue weighted by molar-refractivity contribution is -0.0454. The first-order valence-electron chi connectivity index (χ1n) is 8.23. The van der Waals surface area contributed by atoms with E-state index in [1.807, 2.05) is 0 Å². The molecule has 0 aliphatic carbocycles. The first-order chi connectivity index (χ1) is 12.4. The van der Waals surface area contributed by atoms with Crippen LogP contribution < -0.4 is 5.73 Å². The van der Waals surface area contributed by atoms with Gasteiger partial charge in [-0.25, -0.2) is 4.98 Å². The van der Waals surface area contributed by atoms with Crippen LogP contribution in [0.15, 0.2) is 6.33 Å². The number of halogens is 1. The molecule has 0 spiro atoms. The zero-order valence-electron chi connectivity index (χ0n) is 14.5. The summed E-state index contributed by atoms with van der Waals surface area (Å²) in [7, 11) is -3.24. The molecule has 0 radical (unpaired) electrons. The Morgan fingerprint density at radius 1 is 1.38 bits per heavy atom. The molecule has 0 bridgehead atoms. The molecule has 0 saturated carbocycles. The SMILES string of the molecule is CCOP(=O)(CC1OCC(Cn2cnc3c(Cl)nc(N)nc32)O1)OCC. The molecule has 26 heavy (non-hydrogen) atoms. The summed E-state index contributed by atoms with van der Waals surface area (Å²) in [5, 5.41) is 0.196. The predicted molar refractivity (Wildman–Crippen MR) is 95.1 cm³/mol. The normalized spacial score (nSPS) is 20.9. The number of aromatic nitrogens is 4. The molecule has 0 aromatic carbocycles. The van der Waals surface area contributed by atoms with Gasteiger partial charge in [0.1, 0.15) is 17.8 Å². The highest BCUT2D eigenvalue weighted by molar-refractivity contribution is 7.53. The highest BCUT2D eigenvalue weighted by Crippen LogP contribution is 2.49. The van der Waals surface area contributed by atoms with Gasteiger partial charge in [-0.3, -0.25) is 4.57 Å². The highest BCUT2D eigenvalue weighted by Gasteiger charge is 2.35. The van der Waals surface area contributed by atoms with Crippen LogP contribution in [0.5, 0.6) is 0 Å². The number of nitrogen functional groups attached to an aromatic ring is 1. The van der Waals surface area contributed by atoms with Crippen molar-refractivity contribution in [2.45, 2.75) is 32.8 Å². The molecule has 2 unspecified atom stereocenters. The molecule has 12 heteroatoms. The lowest BCUT2D eigenvalue weighted by atomic mass is 10.4. The van der Waals surface area contributed by atoms with Gasteiger partial charge in [-0.15, -0.1) is 0 Å². The molecule has 3 heterocycles. The van der Waals surface area contributed by atoms with Crippen molar-refractivity contribution in [2.24, 2.45) is 0 Å². The van der Waals surface area contributed by atoms with Crippen LogP contribution >= 0.6 is 19.2 Å². The van der Waals surface area contributed by atoms with Gasteiger partial charge in [-0.05, 0) is 13.8 Å². The molecule has 2 aromatic heterocycles. The first kappa shape index (κ1) is 19.5. The van der Waals surface area contributed by atoms with Crippen LogP contribution in [0.1, 0.15) is 13.8 Å². The molecule has 1 aliphatic rings. The minimum atomic E-state index is -3.24. The zero-order chi connectivity index (χ0) is 18.7. The average Bonchev–Trinajstić information content (AvgIpc) is 3.15. The van der Waals surface area contributed by atoms with Crippen molar-refractivity contribution in [1.29, 1.82) is 0 Å². The smallest absolute Gasteiger partial charge is 0.335 e. The van der Waals surface area contributed by atoms with E-state index in [0.29, 0.717) is 24.3 Å². The van der Waals surface area contributed by atoms with Crippen molar-refractivity contribution >= 4 is 36.3 Å². The van der Waals surface area contributed by atoms with E-state index in [1.165, 1.54) is 0 Å². The quantitative estimate of drug-likeness (QED) is 0.519. The topological polar surface area (TPSA) is 124 Å². The fraction of sp³-hybridized carbons (Fsp3) is 0.643. The number of nitrogens with zero attached hydrogens (tertiary/aromatic N) is 4. The molecular weight excluding hydrogens is 385 g/mol. The maximum Gasteiger partial charge on any atom is 0.335 e. The van der Waals surface area contributed by atoms with Crippen molar-refractivity contribution < 1.29 is 23.1 Å². The molecule has 2 atom stereocenters. The van der Waals surface area contributed by atoms with Crippen LogP contribution in [-0.2, 0) is 29.6 Å². The van der Waals surface area contributed by atoms with Crippen molar-refractivity contribution in [3.8, 4) is 0 Å². The Morgan fingerprint density at radius 3 is 2.81 bits per heavy atom. The summed E-state index contributed by atoms with van der Waals surface area (Å²) >= 11 is 6.03. The van der Waals surface area contributed by atoms with Crippen LogP contribution in [0, 0.1) is 0 Å². The maximum atomic E-state index is 12.6. The molecule has 2 N–H and O–H groups in total. The number of hydrogen-bond acceptors (Lipinski definition) is 9. The molecule has 1 aliphatic heterocycles. The number of ether oxygens (including phenoxy) is 2. The summed E-state index contributed by atoms with van der Waals surface area (Å²) in [4.78, 5) is 12.2. The molecule has 0 amide bonds. The monoisotopic (exact) mass is 405 g/mol. The van der Waals surface area contributed by atoms with E-state index < -0.39 is 13.9 Å². The van der Waals surface area contributed by atoms with Crippen LogP contribution in [0.2, 0.25) is 5.15 Å². The Labute approximate surface area is 155 Å². The Balaban J connectivity index is 1.66. The Kier molecular flexibility index (Phi) is 6.11. The van der Waals surface area contributed by atoms with Gasteiger partial charge >= 0.3 is 7.60 Å². The van der Waals surface area contributed by atoms with Crippen molar-refractivity contribution in [3.63, 3.8) is 0 Å². The summed E-state index contributed by atoms with van der Waals surface area (Å²) in [6.45, 7) is 4.85. The molecule has 1 saturated heterocycles. The molecule has 3 rings (SSSR count). The second kappa shape index (κ2) is 8.16. The minimum Gasteiger partial charge on any atom is -0.368 e. The van der Waals surface area contributed by atoms with Crippen LogP contribution in [0.25, 0.3) is 11.2 Å². The molecular formula is C14H21ClN5O5P. The van der Waals surface area contributed by atoms with E-state index in [-0.39, 0.29) is 36.6 Å². The predicted octanol–water partition coefficient (Wildman–Crippen LogP) is 2.07. The lowest BCUT2D eigenvalue weighted by Gasteiger charge is -2.20. The third-order valence-electron chi connectivity index (χ3n) is 3.68. The van der Waals surface area contributed by atoms with Gasteiger partial charge < -0.3 is 28.8 Å². The Morgan fingerprint density at radius 2 is 2.12 bits per heavy atom. The Bertz CT molecular complexity index is 808. The van der Waals surface area contributed by atoms with E-state index in [1.54, 1.807) is 24.7 Å². The average molecular weight is 406 g/mol. The van der Waals surface area contributed by atoms with E-state index in [9.17, 15) is 4.57 Å². The Hall–Kier alpha value is -1.29. The summed E-state index contributed by atoms with van der Waals surface area (Å²) < 4.78 is 36.3. The minimum absolute atomic E-state index is 0.0385. The maximum absolute atomic E-state index is 12.6. The largest absolute Gasteiger partial charge is 0.368 e. The van der Waals surface area contributed by atoms with Gasteiger partial charge in [0.2, 0.25) is 5.95 Å². The third kappa shape index (κ3) is 4.33. The summed E-state index contributed by atoms with van der Waals surface area (Å²) in [6, 6.07) is 0. The van der Waals surface area contributed by atoms with Crippen molar-refractivity contribution in [1.82, 2.24) is 19.5 Å². The van der Waals surface area contributed by atoms with Crippen LogP contribution in [0.4, 0.5) is 5.95 Å². The molecule has 10 nitrogen and oxygen atoms in total. The standard InChI is InChI=1S/C14H21ClN5O5P/c1-3-23-26(21,24-4-2)7-10-22-6-9(25-10)5-20-8-17-11-12(15)18-14(16)19-13(11)20/h8-10H,3-7H2,1-2H3,(H2,16,18,19). The van der Waals surface area contributed by atoms with E-state index >= 15 is 0 Å². The molecule has 144 valence electrons. The number of imidazole rings is 1. The van der Waals surface area contributed by atoms with Gasteiger partial charge in [0, 0.05) is 0 Å². The molecule has 2 aromatic rings. The van der Waals surface area contributed by atoms with E-state index in [2.05, 4.69) is 15.0 Å². The number of fused-ring (bicyclic) bond motifs is 1. The van der Waals surface area contributed by atoms with E-state index in [0.717, 1.165) is 0 Å². The van der Waals surface area contributed by atoms with Gasteiger partial charge in [0.15, 0.2) is 17.1 Å². The number of rotatable bonds is 8. The third-order valence-corrected chi connectivity index (χ3v) is 5.99. The number of hydrogen-bond donors (Lipinski definition) is 1. The van der Waals surface area contributed by atoms with Gasteiger partial charge in [0.05, 0.1) is 32.7 Å². The van der Waals surface area contributed by atoms with Gasteiger partial charge in [0.25, 0.3) is 0 Å². The second-order valence-corrected chi connectivity index (χ2v) is 8.05. The number of anilines is 1. The fourth-order valence-corrected chi connectivity index (χ4v) is 4.55. The van der Waals surface area contributed by atoms with Crippen LogP contribution in [0.3, 0.4) is 0 Å². The molecule has 1 fully saturated rings. The van der Waals surface area contributed by atoms with Gasteiger partial charge in [-0.2, -0.15) is 9.97 Å². The lowest BCUT2D eigenvalue weighted by Crippen LogP contribution is -2.21. The summed E-state index contributed by atoms with van der Waals surface area (Å²) in [5.74, 6) is 0.0695. The van der Waals surface area contributed by atoms with E-state index in [4.69, 9.17) is 35.9 Å². The zero-order valence-corrected chi connectivity index (χ0v) is 16.2. The first-order valence-corrected chi connectivity index (χ1v) is 10.3. The second-order valence-electron chi connectivity index (χ2n) is 5.59. The summed E-state index contributed by atoms with van der Waals surface area (Å²) in [5.41, 5.74) is 6.63. The number of nitrogens with two attached hydrogens (primary N) is 1.